The Balaban J connectivity index is 0.00000289. The third-order valence-electron chi connectivity index (χ3n) is 4.30. The van der Waals surface area contributed by atoms with Crippen LogP contribution in [-0.2, 0) is 20.2 Å². The van der Waals surface area contributed by atoms with Crippen LogP contribution in [0.1, 0.15) is 0 Å². The fraction of sp³-hybridized carbons (Fsp3) is 0.0588. The average Bonchev–Trinajstić information content (AvgIpc) is 2.70. The summed E-state index contributed by atoms with van der Waals surface area (Å²) < 4.78 is 67.5. The monoisotopic (exact) mass is 526 g/mol. The number of nitro benzene ring substituents is 1. The molecule has 0 heterocycles. The van der Waals surface area contributed by atoms with E-state index < -0.39 is 50.5 Å². The van der Waals surface area contributed by atoms with Crippen LogP contribution in [-0.4, -0.2) is 38.3 Å². The quantitative estimate of drug-likeness (QED) is 0.108. The third kappa shape index (κ3) is 6.38. The van der Waals surface area contributed by atoms with Crippen molar-refractivity contribution in [2.45, 2.75) is 4.90 Å². The molecule has 0 bridgehead atoms. The molecule has 0 amide bonds. The number of nitrogens with zero attached hydrogens (tertiary/aromatic N) is 3. The van der Waals surface area contributed by atoms with Crippen LogP contribution in [0.2, 0.25) is 0 Å². The summed E-state index contributed by atoms with van der Waals surface area (Å²) >= 11 is 0. The van der Waals surface area contributed by atoms with E-state index in [0.717, 1.165) is 24.3 Å². The molecule has 1 aromatic rings. The molecule has 13 nitrogen and oxygen atoms in total. The molecule has 0 aromatic heterocycles. The van der Waals surface area contributed by atoms with Crippen LogP contribution < -0.4 is 80.7 Å². The Morgan fingerprint density at radius 3 is 2.09 bits per heavy atom. The van der Waals surface area contributed by atoms with Gasteiger partial charge in [-0.2, -0.15) is 5.10 Å². The minimum Gasteiger partial charge on any atom is -0.757 e. The van der Waals surface area contributed by atoms with Gasteiger partial charge in [-0.05, 0) is 30.3 Å². The summed E-state index contributed by atoms with van der Waals surface area (Å²) in [5.74, 6) is 0. The van der Waals surface area contributed by atoms with Gasteiger partial charge >= 0.3 is 59.1 Å². The van der Waals surface area contributed by atoms with Gasteiger partial charge in [-0.15, -0.1) is 0 Å². The molecule has 1 atom stereocenters. The smallest absolute Gasteiger partial charge is 0.757 e. The van der Waals surface area contributed by atoms with Gasteiger partial charge in [0, 0.05) is 39.0 Å². The van der Waals surface area contributed by atoms with Crippen molar-refractivity contribution in [1.29, 1.82) is 0 Å². The van der Waals surface area contributed by atoms with Gasteiger partial charge in [0.2, 0.25) is 5.43 Å². The Labute approximate surface area is 235 Å². The van der Waals surface area contributed by atoms with E-state index in [2.05, 4.69) is 15.5 Å². The number of non-ortho nitro benzene ring substituents is 1. The molecule has 0 saturated heterocycles. The van der Waals surface area contributed by atoms with Crippen LogP contribution in [0.5, 0.6) is 0 Å². The first-order valence-electron chi connectivity index (χ1n) is 8.39. The van der Waals surface area contributed by atoms with E-state index in [9.17, 15) is 41.2 Å². The minimum atomic E-state index is -5.33. The molecule has 34 heavy (non-hydrogen) atoms. The van der Waals surface area contributed by atoms with Crippen LogP contribution in [0.4, 0.5) is 11.4 Å². The summed E-state index contributed by atoms with van der Waals surface area (Å²) in [4.78, 5) is 25.8. The fourth-order valence-electron chi connectivity index (χ4n) is 2.89. The molecule has 1 aromatic carbocycles. The standard InChI is InChI=1S/C17H14N4O9S2.2Na/c1-18-12-6-7-13(31(25,26)27)11-8-14(32(28,29)30)16(17(22)15(11)12)20-19-9-2-4-10(5-3-9)21(23)24;;/h2-8,19H,1H3,(H2,25,26,27)(H,28,29,30);;/q;2*+1/p-2. The van der Waals surface area contributed by atoms with Gasteiger partial charge in [0.05, 0.1) is 26.1 Å². The molecule has 0 aliphatic heterocycles. The second kappa shape index (κ2) is 11.5. The zero-order chi connectivity index (χ0) is 23.8. The van der Waals surface area contributed by atoms with E-state index in [1.54, 1.807) is 0 Å². The van der Waals surface area contributed by atoms with E-state index in [4.69, 9.17) is 0 Å². The molecular formula is C17H12N4Na2O9S2. The van der Waals surface area contributed by atoms with Crippen LogP contribution >= 0.6 is 0 Å². The molecule has 0 saturated carbocycles. The normalized spacial score (nSPS) is 14.1. The molecule has 2 aliphatic carbocycles. The summed E-state index contributed by atoms with van der Waals surface area (Å²) in [5.41, 5.74) is 1.07. The topological polar surface area (TPSA) is 215 Å². The van der Waals surface area contributed by atoms with Crippen LogP contribution in [0, 0.1) is 25.1 Å². The Morgan fingerprint density at radius 1 is 1.03 bits per heavy atom. The summed E-state index contributed by atoms with van der Waals surface area (Å²) in [7, 11) is -8.94. The zero-order valence-electron chi connectivity index (χ0n) is 17.9. The number of nitrogens with one attached hydrogen (secondary N) is 1. The summed E-state index contributed by atoms with van der Waals surface area (Å²) in [6.07, 6.45) is 0. The zero-order valence-corrected chi connectivity index (χ0v) is 23.5. The number of benzene rings is 1. The predicted molar refractivity (Wildman–Crippen MR) is 107 cm³/mol. The van der Waals surface area contributed by atoms with Crippen molar-refractivity contribution in [2.24, 2.45) is 10.1 Å². The Kier molecular flexibility index (Phi) is 10.3. The molecule has 2 N–H and O–H groups in total. The third-order valence-corrected chi connectivity index (χ3v) is 6.06. The van der Waals surface area contributed by atoms with Crippen molar-refractivity contribution >= 4 is 31.6 Å². The molecule has 0 radical (unpaired) electrons. The van der Waals surface area contributed by atoms with Crippen LogP contribution in [0.25, 0.3) is 0 Å². The first-order valence-corrected chi connectivity index (χ1v) is 11.2. The van der Waals surface area contributed by atoms with Gasteiger partial charge in [-0.25, -0.2) is 8.42 Å². The van der Waals surface area contributed by atoms with Crippen molar-refractivity contribution in [3.63, 3.8) is 0 Å². The van der Waals surface area contributed by atoms with Gasteiger partial charge in [0.1, 0.15) is 15.5 Å². The number of rotatable bonds is 4. The predicted octanol–water partition coefficient (Wildman–Crippen LogP) is -6.65. The van der Waals surface area contributed by atoms with E-state index in [-0.39, 0.29) is 81.1 Å². The fourth-order valence-corrected chi connectivity index (χ4v) is 4.20. The van der Waals surface area contributed by atoms with Crippen molar-refractivity contribution in [3.05, 3.63) is 88.5 Å². The van der Waals surface area contributed by atoms with Gasteiger partial charge in [-0.1, -0.05) is 0 Å². The van der Waals surface area contributed by atoms with Crippen LogP contribution in [0.3, 0.4) is 0 Å². The second-order valence-electron chi connectivity index (χ2n) is 6.24. The van der Waals surface area contributed by atoms with Crippen molar-refractivity contribution < 1.29 is 90.3 Å². The number of anilines is 1. The first-order chi connectivity index (χ1) is 14.8. The van der Waals surface area contributed by atoms with Gasteiger partial charge < -0.3 is 13.7 Å². The minimum absolute atomic E-state index is 0. The molecule has 3 rings (SSSR count). The molecule has 168 valence electrons. The summed E-state index contributed by atoms with van der Waals surface area (Å²) in [6.45, 7) is 0. The van der Waals surface area contributed by atoms with Crippen molar-refractivity contribution in [1.82, 2.24) is 0 Å². The number of nitro groups is 1. The molecule has 17 heteroatoms. The van der Waals surface area contributed by atoms with E-state index in [1.807, 2.05) is 0 Å². The van der Waals surface area contributed by atoms with E-state index in [1.165, 1.54) is 19.2 Å². The largest absolute Gasteiger partial charge is 1.00 e. The summed E-state index contributed by atoms with van der Waals surface area (Å²) in [5, 5.41) is 12.6. The number of hydrogen-bond donors (Lipinski definition) is 2. The number of hydrogen-bond acceptors (Lipinski definition) is 11. The van der Waals surface area contributed by atoms with Gasteiger partial charge in [0.15, 0.2) is 0 Å². The maximum Gasteiger partial charge on any atom is 1.00 e. The molecule has 0 spiro atoms. The van der Waals surface area contributed by atoms with Gasteiger partial charge in [0.25, 0.3) is 5.69 Å². The second-order valence-corrected chi connectivity index (χ2v) is 8.98. The molecule has 0 fully saturated rings. The molecular weight excluding hydrogens is 514 g/mol. The van der Waals surface area contributed by atoms with Crippen LogP contribution in [0.15, 0.2) is 62.2 Å². The molecule has 1 unspecified atom stereocenters. The van der Waals surface area contributed by atoms with Gasteiger partial charge in [-0.3, -0.25) is 29.5 Å². The first kappa shape index (κ1) is 30.5. The molecule has 2 aliphatic rings. The van der Waals surface area contributed by atoms with Crippen molar-refractivity contribution in [2.75, 3.05) is 12.5 Å². The van der Waals surface area contributed by atoms with E-state index in [0.29, 0.717) is 6.07 Å². The maximum atomic E-state index is 13.1. The van der Waals surface area contributed by atoms with Crippen molar-refractivity contribution in [3.8, 4) is 0 Å². The Hall–Kier alpha value is -1.50. The summed E-state index contributed by atoms with van der Waals surface area (Å²) in [6, 6.07) is 7.33. The Morgan fingerprint density at radius 2 is 1.62 bits per heavy atom. The Bertz CT molecular complexity index is 1750. The van der Waals surface area contributed by atoms with E-state index >= 15 is 0 Å². The maximum absolute atomic E-state index is 13.1. The average molecular weight is 526 g/mol. The SMILES string of the molecule is CN=c1ccc(=S(=O)([O-])O)c2cc(S(=O)(=O)[O-])c(=NNc3ccc([N+](=O)[O-])cc3)c(=O)c1=2.[Na+].[Na+].